The Morgan fingerprint density at radius 3 is 1.29 bits per heavy atom. The third-order valence-electron chi connectivity index (χ3n) is 6.70. The quantitative estimate of drug-likeness (QED) is 0.0871. The first kappa shape index (κ1) is 38.4. The molecule has 3 nitrogen and oxygen atoms in total. The van der Waals surface area contributed by atoms with Crippen LogP contribution < -0.4 is 34.3 Å². The van der Waals surface area contributed by atoms with Crippen LogP contribution in [-0.2, 0) is 26.5 Å². The zero-order valence-corrected chi connectivity index (χ0v) is 32.1. The van der Waals surface area contributed by atoms with Gasteiger partial charge in [-0.1, -0.05) is 83.1 Å². The van der Waals surface area contributed by atoms with Gasteiger partial charge in [-0.2, -0.15) is 6.42 Å². The van der Waals surface area contributed by atoms with Crippen LogP contribution in [0.5, 0.6) is 11.5 Å². The topological polar surface area (TPSA) is 46.5 Å². The number of hydrogen-bond acceptors (Lipinski definition) is 5. The van der Waals surface area contributed by atoms with Gasteiger partial charge in [0.1, 0.15) is 11.5 Å². The van der Waals surface area contributed by atoms with E-state index in [9.17, 15) is 9.90 Å². The molecule has 1 N–H and O–H groups in total. The van der Waals surface area contributed by atoms with E-state index in [1.165, 1.54) is 0 Å². The third-order valence-corrected chi connectivity index (χ3v) is 9.13. The van der Waals surface area contributed by atoms with E-state index < -0.39 is 0 Å². The van der Waals surface area contributed by atoms with E-state index in [4.69, 9.17) is 4.74 Å². The number of ether oxygens (including phenoxy) is 1. The second-order valence-corrected chi connectivity index (χ2v) is 19.0. The minimum absolute atomic E-state index is 0. The maximum atomic E-state index is 12.6. The third kappa shape index (κ3) is 10.5. The standard InChI is InChI=1S/C35H53O3S2.Na/c1-16-17-28(36)38-30-26(33(8,9)10)20-23(21-27(30)34(11,12)13)40-35(14,15)39-22-18-24(31(2,3)4)29(37)25(19-22)32(5,6)7;/h18-21,37H,1,16-17H2,2-15H3;/q-1;+1. The molecule has 0 bridgehead atoms. The van der Waals surface area contributed by atoms with Crippen LogP contribution in [0.2, 0.25) is 0 Å². The van der Waals surface area contributed by atoms with Crippen LogP contribution in [0, 0.1) is 6.92 Å². The molecule has 2 aromatic carbocycles. The summed E-state index contributed by atoms with van der Waals surface area (Å²) in [7, 11) is 0. The molecule has 0 radical (unpaired) electrons. The summed E-state index contributed by atoms with van der Waals surface area (Å²) in [4.78, 5) is 14.9. The van der Waals surface area contributed by atoms with E-state index in [0.29, 0.717) is 24.3 Å². The van der Waals surface area contributed by atoms with Gasteiger partial charge in [-0.25, -0.2) is 0 Å². The van der Waals surface area contributed by atoms with Crippen LogP contribution in [-0.4, -0.2) is 15.2 Å². The first-order valence-electron chi connectivity index (χ1n) is 14.3. The van der Waals surface area contributed by atoms with Gasteiger partial charge in [0.05, 0.1) is 4.08 Å². The van der Waals surface area contributed by atoms with E-state index in [-0.39, 0.29) is 61.3 Å². The van der Waals surface area contributed by atoms with Crippen molar-refractivity contribution in [3.63, 3.8) is 0 Å². The van der Waals surface area contributed by atoms with Crippen molar-refractivity contribution >= 4 is 29.5 Å². The number of aromatic hydroxyl groups is 1. The van der Waals surface area contributed by atoms with Gasteiger partial charge in [0.15, 0.2) is 0 Å². The predicted molar refractivity (Wildman–Crippen MR) is 175 cm³/mol. The Labute approximate surface area is 282 Å². The van der Waals surface area contributed by atoms with Crippen LogP contribution >= 0.6 is 23.5 Å². The van der Waals surface area contributed by atoms with Crippen LogP contribution in [0.4, 0.5) is 0 Å². The van der Waals surface area contributed by atoms with Gasteiger partial charge in [-0.15, -0.1) is 23.5 Å². The molecule has 0 aliphatic heterocycles. The molecule has 0 aromatic heterocycles. The van der Waals surface area contributed by atoms with Gasteiger partial charge >= 0.3 is 35.5 Å². The van der Waals surface area contributed by atoms with E-state index >= 15 is 0 Å². The Morgan fingerprint density at radius 2 is 1.00 bits per heavy atom. The Hall–Kier alpha value is -0.590. The minimum Gasteiger partial charge on any atom is -0.507 e. The van der Waals surface area contributed by atoms with Gasteiger partial charge in [-0.3, -0.25) is 4.79 Å². The molecule has 0 spiro atoms. The molecule has 2 rings (SSSR count). The van der Waals surface area contributed by atoms with E-state index in [2.05, 4.69) is 128 Å². The number of rotatable bonds is 7. The van der Waals surface area contributed by atoms with Gasteiger partial charge in [0.2, 0.25) is 0 Å². The van der Waals surface area contributed by atoms with Gasteiger partial charge < -0.3 is 16.8 Å². The summed E-state index contributed by atoms with van der Waals surface area (Å²) in [5.74, 6) is 0.860. The second-order valence-electron chi connectivity index (χ2n) is 15.4. The molecule has 6 heteroatoms. The Balaban J connectivity index is 0.00000840. The fourth-order valence-electron chi connectivity index (χ4n) is 4.59. The number of phenols is 1. The molecule has 224 valence electrons. The summed E-state index contributed by atoms with van der Waals surface area (Å²) in [6.07, 6.45) is 0.812. The molecule has 0 heterocycles. The zero-order chi connectivity index (χ0) is 31.1. The second kappa shape index (κ2) is 13.6. The average Bonchev–Trinajstić information content (AvgIpc) is 2.72. The van der Waals surface area contributed by atoms with Crippen molar-refractivity contribution in [2.45, 2.75) is 145 Å². The number of carbonyl (C=O) groups excluding carboxylic acids is 1. The summed E-state index contributed by atoms with van der Waals surface area (Å²) in [6, 6.07) is 8.72. The molecule has 0 saturated carbocycles. The minimum atomic E-state index is -0.237. The number of carbonyl (C=O) groups is 1. The summed E-state index contributed by atoms with van der Waals surface area (Å²) in [6.45, 7) is 34.2. The number of benzene rings is 2. The van der Waals surface area contributed by atoms with Crippen molar-refractivity contribution < 1.29 is 44.2 Å². The van der Waals surface area contributed by atoms with Crippen molar-refractivity contribution in [1.29, 1.82) is 0 Å². The van der Waals surface area contributed by atoms with Gasteiger partial charge in [0, 0.05) is 38.5 Å². The van der Waals surface area contributed by atoms with Crippen LogP contribution in [0.3, 0.4) is 0 Å². The van der Waals surface area contributed by atoms with E-state index in [1.807, 2.05) is 23.5 Å². The predicted octanol–water partition coefficient (Wildman–Crippen LogP) is 7.73. The van der Waals surface area contributed by atoms with E-state index in [0.717, 1.165) is 32.0 Å². The molecule has 0 amide bonds. The molecular weight excluding hydrogens is 556 g/mol. The Bertz CT molecular complexity index is 1150. The summed E-state index contributed by atoms with van der Waals surface area (Å²) in [5.41, 5.74) is 3.24. The number of esters is 1. The first-order valence-corrected chi connectivity index (χ1v) is 15.9. The molecule has 0 unspecified atom stereocenters. The van der Waals surface area contributed by atoms with Crippen LogP contribution in [0.15, 0.2) is 34.1 Å². The summed E-state index contributed by atoms with van der Waals surface area (Å²) in [5, 5.41) is 11.2. The average molecular weight is 609 g/mol. The largest absolute Gasteiger partial charge is 1.00 e. The van der Waals surface area contributed by atoms with Crippen molar-refractivity contribution in [2.24, 2.45) is 0 Å². The fraction of sp³-hybridized carbons (Fsp3) is 0.600. The first-order chi connectivity index (χ1) is 17.9. The number of phenolic OH excluding ortho intramolecular Hbond substituents is 1. The van der Waals surface area contributed by atoms with Gasteiger partial charge in [-0.05, 0) is 59.8 Å². The summed E-state index contributed by atoms with van der Waals surface area (Å²) >= 11 is 3.64. The van der Waals surface area contributed by atoms with Crippen molar-refractivity contribution in [1.82, 2.24) is 0 Å². The van der Waals surface area contributed by atoms with Crippen LogP contribution in [0.25, 0.3) is 0 Å². The van der Waals surface area contributed by atoms with Crippen molar-refractivity contribution in [2.75, 3.05) is 0 Å². The summed E-state index contributed by atoms with van der Waals surface area (Å²) < 4.78 is 5.82. The van der Waals surface area contributed by atoms with Gasteiger partial charge in [0.25, 0.3) is 0 Å². The molecular formula is C35H53NaO3S2. The van der Waals surface area contributed by atoms with E-state index in [1.54, 1.807) is 0 Å². The molecule has 0 saturated heterocycles. The molecule has 2 aromatic rings. The molecule has 0 aliphatic rings. The Kier molecular flexibility index (Phi) is 12.7. The maximum absolute atomic E-state index is 12.6. The number of thioether (sulfide) groups is 2. The SMILES string of the molecule is [CH2-]CCC(=O)Oc1c(C(C)(C)C)cc(SC(C)(C)Sc2cc(C(C)(C)C)c(O)c(C(C)(C)C)c2)cc1C(C)(C)C.[Na+]. The molecule has 0 atom stereocenters. The molecule has 0 fully saturated rings. The molecule has 0 aliphatic carbocycles. The normalized spacial score (nSPS) is 13.1. The molecule has 41 heavy (non-hydrogen) atoms. The van der Waals surface area contributed by atoms with Crippen molar-refractivity contribution in [3.8, 4) is 11.5 Å². The van der Waals surface area contributed by atoms with Crippen LogP contribution in [0.1, 0.15) is 132 Å². The number of hydrogen-bond donors (Lipinski definition) is 1. The Morgan fingerprint density at radius 1 is 0.683 bits per heavy atom. The zero-order valence-electron chi connectivity index (χ0n) is 28.5. The van der Waals surface area contributed by atoms with Crippen molar-refractivity contribution in [3.05, 3.63) is 53.4 Å². The fourth-order valence-corrected chi connectivity index (χ4v) is 7.18. The maximum Gasteiger partial charge on any atom is 1.00 e. The monoisotopic (exact) mass is 608 g/mol. The smallest absolute Gasteiger partial charge is 0.507 e.